The van der Waals surface area contributed by atoms with Crippen LogP contribution in [0.1, 0.15) is 16.7 Å². The molecule has 0 unspecified atom stereocenters. The first kappa shape index (κ1) is 20.5. The van der Waals surface area contributed by atoms with Crippen molar-refractivity contribution in [3.05, 3.63) is 28.8 Å². The summed E-state index contributed by atoms with van der Waals surface area (Å²) in [7, 11) is -5.34. The largest absolute Gasteiger partial charge is 0.418 e. The number of hydrogen-bond acceptors (Lipinski definition) is 2. The normalized spacial score (nSPS) is 14.0. The molecule has 138 valence electrons. The molecular formula is C9H6F9N2O3P. The minimum atomic E-state index is -5.68. The van der Waals surface area contributed by atoms with E-state index in [1.165, 1.54) is 0 Å². The minimum absolute atomic E-state index is 0.612. The van der Waals surface area contributed by atoms with Gasteiger partial charge in [0.25, 0.3) is 0 Å². The summed E-state index contributed by atoms with van der Waals surface area (Å²) in [6, 6.07) is -1.22. The second kappa shape index (κ2) is 6.10. The van der Waals surface area contributed by atoms with E-state index >= 15 is 0 Å². The van der Waals surface area contributed by atoms with Crippen molar-refractivity contribution < 1.29 is 53.9 Å². The van der Waals surface area contributed by atoms with Crippen molar-refractivity contribution in [1.82, 2.24) is 5.20 Å². The molecule has 0 saturated heterocycles. The van der Waals surface area contributed by atoms with E-state index in [9.17, 15) is 44.1 Å². The highest BCUT2D eigenvalue weighted by molar-refractivity contribution is 7.49. The Morgan fingerprint density at radius 3 is 1.42 bits per heavy atom. The smallest absolute Gasteiger partial charge is 0.311 e. The van der Waals surface area contributed by atoms with Gasteiger partial charge in [-0.15, -0.1) is 5.20 Å². The maximum Gasteiger partial charge on any atom is 0.418 e. The van der Waals surface area contributed by atoms with Gasteiger partial charge >= 0.3 is 26.3 Å². The third kappa shape index (κ3) is 5.26. The van der Waals surface area contributed by atoms with Crippen molar-refractivity contribution in [3.63, 3.8) is 0 Å². The molecule has 4 N–H and O–H groups in total. The van der Waals surface area contributed by atoms with Crippen LogP contribution in [0.3, 0.4) is 0 Å². The van der Waals surface area contributed by atoms with Crippen molar-refractivity contribution in [2.45, 2.75) is 18.5 Å². The molecule has 0 aliphatic heterocycles. The maximum atomic E-state index is 12.8. The molecule has 0 aliphatic rings. The van der Waals surface area contributed by atoms with E-state index in [1.54, 1.807) is 0 Å². The predicted octanol–water partition coefficient (Wildman–Crippen LogP) is 3.75. The van der Waals surface area contributed by atoms with Crippen LogP contribution < -0.4 is 10.6 Å². The molecule has 1 aromatic carbocycles. The Hall–Kier alpha value is -1.50. The first-order valence-electron chi connectivity index (χ1n) is 5.41. The van der Waals surface area contributed by atoms with E-state index in [0.29, 0.717) is 0 Å². The zero-order valence-electron chi connectivity index (χ0n) is 10.8. The van der Waals surface area contributed by atoms with E-state index in [4.69, 9.17) is 9.79 Å². The number of rotatable bonds is 3. The highest BCUT2D eigenvalue weighted by atomic mass is 31.2. The number of hydrazine groups is 1. The Morgan fingerprint density at radius 2 is 1.17 bits per heavy atom. The van der Waals surface area contributed by atoms with Crippen molar-refractivity contribution in [2.24, 2.45) is 0 Å². The third-order valence-electron chi connectivity index (χ3n) is 2.40. The second-order valence-corrected chi connectivity index (χ2v) is 5.53. The Balaban J connectivity index is 3.71. The Morgan fingerprint density at radius 1 is 0.792 bits per heavy atom. The summed E-state index contributed by atoms with van der Waals surface area (Å²) in [5.74, 6) is 0. The van der Waals surface area contributed by atoms with Gasteiger partial charge in [0, 0.05) is 0 Å². The third-order valence-corrected chi connectivity index (χ3v) is 2.81. The summed E-state index contributed by atoms with van der Waals surface area (Å²) in [5, 5.41) is 0.857. The fourth-order valence-electron chi connectivity index (χ4n) is 1.52. The van der Waals surface area contributed by atoms with Gasteiger partial charge < -0.3 is 15.2 Å². The first-order chi connectivity index (χ1) is 10.4. The van der Waals surface area contributed by atoms with Gasteiger partial charge in [-0.1, -0.05) is 0 Å². The van der Waals surface area contributed by atoms with E-state index in [0.717, 1.165) is 10.6 Å². The molecule has 1 aromatic rings. The lowest BCUT2D eigenvalue weighted by Gasteiger charge is -2.22. The Kier molecular flexibility index (Phi) is 5.22. The molecule has 15 heteroatoms. The Bertz CT molecular complexity index is 627. The highest BCUT2D eigenvalue weighted by Crippen LogP contribution is 2.46. The number of benzene rings is 1. The summed E-state index contributed by atoms with van der Waals surface area (Å²) in [6.07, 6.45) is -16.9. The second-order valence-electron chi connectivity index (χ2n) is 4.22. The monoisotopic (exact) mass is 392 g/mol. The van der Waals surface area contributed by atoms with Gasteiger partial charge in [-0.3, -0.25) is 0 Å². The molecule has 0 atom stereocenters. The van der Waals surface area contributed by atoms with Gasteiger partial charge in [-0.05, 0) is 12.1 Å². The van der Waals surface area contributed by atoms with Gasteiger partial charge in [0.05, 0.1) is 22.4 Å². The standard InChI is InChI=1S/C9H6F9N2O3P/c10-7(11,12)3-1-4(8(13,14)15)6(19-20-24(21,22)23)5(2-3)9(16,17)18/h1-2,19H,(H3,20,21,22,23). The topological polar surface area (TPSA) is 81.6 Å². The average Bonchev–Trinajstić information content (AvgIpc) is 2.30. The van der Waals surface area contributed by atoms with Crippen LogP contribution in [-0.4, -0.2) is 9.79 Å². The predicted molar refractivity (Wildman–Crippen MR) is 60.3 cm³/mol. The van der Waals surface area contributed by atoms with E-state index < -0.39 is 60.8 Å². The molecule has 0 amide bonds. The van der Waals surface area contributed by atoms with Crippen molar-refractivity contribution in [3.8, 4) is 0 Å². The maximum absolute atomic E-state index is 12.8. The molecule has 0 aliphatic carbocycles. The molecule has 0 spiro atoms. The van der Waals surface area contributed by atoms with Crippen molar-refractivity contribution >= 4 is 13.4 Å². The molecular weight excluding hydrogens is 386 g/mol. The fraction of sp³-hybridized carbons (Fsp3) is 0.333. The van der Waals surface area contributed by atoms with Crippen LogP contribution >= 0.6 is 7.75 Å². The first-order valence-corrected chi connectivity index (χ1v) is 7.02. The highest BCUT2D eigenvalue weighted by Gasteiger charge is 2.45. The quantitative estimate of drug-likeness (QED) is 0.358. The van der Waals surface area contributed by atoms with Gasteiger partial charge in [0.2, 0.25) is 0 Å². The number of hydrogen-bond donors (Lipinski definition) is 4. The van der Waals surface area contributed by atoms with Crippen LogP contribution in [0.5, 0.6) is 0 Å². The van der Waals surface area contributed by atoms with Crippen LogP contribution in [0.4, 0.5) is 45.2 Å². The summed E-state index contributed by atoms with van der Waals surface area (Å²) < 4.78 is 125. The summed E-state index contributed by atoms with van der Waals surface area (Å²) in [5.41, 5.74) is -8.07. The van der Waals surface area contributed by atoms with E-state index in [2.05, 4.69) is 0 Å². The summed E-state index contributed by atoms with van der Waals surface area (Å²) >= 11 is 0. The Labute approximate surface area is 126 Å². The summed E-state index contributed by atoms with van der Waals surface area (Å²) in [4.78, 5) is 16.9. The lowest BCUT2D eigenvalue weighted by atomic mass is 10.0. The minimum Gasteiger partial charge on any atom is -0.311 e. The van der Waals surface area contributed by atoms with Crippen LogP contribution in [0.15, 0.2) is 12.1 Å². The molecule has 0 aromatic heterocycles. The van der Waals surface area contributed by atoms with Gasteiger partial charge in [-0.2, -0.15) is 39.5 Å². The number of halogens is 9. The van der Waals surface area contributed by atoms with E-state index in [-0.39, 0.29) is 0 Å². The average molecular weight is 392 g/mol. The molecule has 1 rings (SSSR count). The van der Waals surface area contributed by atoms with Gasteiger partial charge in [0.1, 0.15) is 0 Å². The van der Waals surface area contributed by atoms with Crippen molar-refractivity contribution in [1.29, 1.82) is 0 Å². The molecule has 0 saturated carbocycles. The number of alkyl halides is 9. The molecule has 24 heavy (non-hydrogen) atoms. The SMILES string of the molecule is O=P(O)(O)NNc1c(C(F)(F)F)cc(C(F)(F)F)cc1C(F)(F)F. The van der Waals surface area contributed by atoms with Gasteiger partial charge in [0.15, 0.2) is 0 Å². The lowest BCUT2D eigenvalue weighted by Crippen LogP contribution is -2.25. The zero-order valence-corrected chi connectivity index (χ0v) is 11.7. The molecule has 0 bridgehead atoms. The van der Waals surface area contributed by atoms with Crippen molar-refractivity contribution in [2.75, 3.05) is 5.43 Å². The van der Waals surface area contributed by atoms with Crippen LogP contribution in [0.25, 0.3) is 0 Å². The van der Waals surface area contributed by atoms with Gasteiger partial charge in [-0.25, -0.2) is 4.57 Å². The molecule has 0 heterocycles. The van der Waals surface area contributed by atoms with Crippen LogP contribution in [0, 0.1) is 0 Å². The number of nitrogens with one attached hydrogen (secondary N) is 2. The fourth-order valence-corrected chi connectivity index (χ4v) is 1.77. The molecule has 5 nitrogen and oxygen atoms in total. The molecule has 0 fully saturated rings. The van der Waals surface area contributed by atoms with Crippen LogP contribution in [-0.2, 0) is 23.1 Å². The molecule has 0 radical (unpaired) electrons. The zero-order chi connectivity index (χ0) is 19.1. The summed E-state index contributed by atoms with van der Waals surface area (Å²) in [6.45, 7) is 0. The lowest BCUT2D eigenvalue weighted by molar-refractivity contribution is -0.147. The number of anilines is 1. The van der Waals surface area contributed by atoms with E-state index in [1.807, 2.05) is 0 Å². The van der Waals surface area contributed by atoms with Crippen LogP contribution in [0.2, 0.25) is 0 Å².